The van der Waals surface area contributed by atoms with E-state index in [9.17, 15) is 21.6 Å². The maximum absolute atomic E-state index is 12.5. The Balaban J connectivity index is 2.90. The summed E-state index contributed by atoms with van der Waals surface area (Å²) in [7, 11) is -4.53. The molecule has 0 aliphatic rings. The lowest BCUT2D eigenvalue weighted by molar-refractivity contribution is 0.234. The van der Waals surface area contributed by atoms with Crippen LogP contribution in [0.1, 0.15) is 5.69 Å². The van der Waals surface area contributed by atoms with Crippen molar-refractivity contribution in [1.82, 2.24) is 4.98 Å². The molecular formula is C7H6F3NO2S. The van der Waals surface area contributed by atoms with Gasteiger partial charge in [-0.3, -0.25) is 0 Å². The van der Waals surface area contributed by atoms with E-state index in [-0.39, 0.29) is 5.69 Å². The fourth-order valence-electron chi connectivity index (χ4n) is 0.800. The van der Waals surface area contributed by atoms with Gasteiger partial charge in [0.25, 0.3) is 0 Å². The minimum Gasteiger partial charge on any atom is -0.224 e. The first-order valence-corrected chi connectivity index (χ1v) is 5.24. The van der Waals surface area contributed by atoms with Gasteiger partial charge in [0.2, 0.25) is 15.8 Å². The molecule has 0 atom stereocenters. The monoisotopic (exact) mass is 225 g/mol. The topological polar surface area (TPSA) is 47.0 Å². The van der Waals surface area contributed by atoms with E-state index >= 15 is 0 Å². The van der Waals surface area contributed by atoms with Gasteiger partial charge in [-0.2, -0.15) is 13.2 Å². The molecule has 0 saturated carbocycles. The highest BCUT2D eigenvalue weighted by Crippen LogP contribution is 2.11. The standard InChI is InChI=1S/C7H6F3NO2S/c8-6-3-1-2-5(11-6)4-14(12,13)7(9)10/h1-3,7H,4H2. The molecule has 3 nitrogen and oxygen atoms in total. The summed E-state index contributed by atoms with van der Waals surface area (Å²) in [5, 5.41) is 0. The van der Waals surface area contributed by atoms with Gasteiger partial charge in [-0.05, 0) is 12.1 Å². The molecule has 0 bridgehead atoms. The molecule has 0 saturated heterocycles. The molecule has 1 rings (SSSR count). The average Bonchev–Trinajstić information content (AvgIpc) is 2.02. The third-order valence-corrected chi connectivity index (χ3v) is 2.63. The lowest BCUT2D eigenvalue weighted by Gasteiger charge is -2.01. The van der Waals surface area contributed by atoms with Crippen molar-refractivity contribution >= 4 is 9.84 Å². The number of sulfone groups is 1. The van der Waals surface area contributed by atoms with Crippen LogP contribution >= 0.6 is 0 Å². The second-order valence-electron chi connectivity index (χ2n) is 2.52. The summed E-state index contributed by atoms with van der Waals surface area (Å²) >= 11 is 0. The first kappa shape index (κ1) is 11.0. The Hall–Kier alpha value is -1.11. The van der Waals surface area contributed by atoms with Crippen LogP contribution in [0.2, 0.25) is 0 Å². The van der Waals surface area contributed by atoms with Crippen LogP contribution in [0.15, 0.2) is 18.2 Å². The van der Waals surface area contributed by atoms with Gasteiger partial charge in [0.05, 0.1) is 11.4 Å². The lowest BCUT2D eigenvalue weighted by atomic mass is 10.4. The second-order valence-corrected chi connectivity index (χ2v) is 4.49. The first-order chi connectivity index (χ1) is 6.42. The number of hydrogen-bond acceptors (Lipinski definition) is 3. The number of hydrogen-bond donors (Lipinski definition) is 0. The number of halogens is 3. The van der Waals surface area contributed by atoms with E-state index in [1.807, 2.05) is 0 Å². The third kappa shape index (κ3) is 2.69. The molecule has 1 aromatic heterocycles. The normalized spacial score (nSPS) is 12.0. The molecule has 0 unspecified atom stereocenters. The van der Waals surface area contributed by atoms with Crippen molar-refractivity contribution in [2.75, 3.05) is 0 Å². The van der Waals surface area contributed by atoms with Crippen molar-refractivity contribution in [3.05, 3.63) is 29.8 Å². The zero-order valence-corrected chi connectivity index (χ0v) is 7.64. The van der Waals surface area contributed by atoms with Gasteiger partial charge in [-0.15, -0.1) is 0 Å². The molecule has 0 aliphatic heterocycles. The van der Waals surface area contributed by atoms with Crippen LogP contribution in [0.3, 0.4) is 0 Å². The molecule has 7 heteroatoms. The Bertz CT molecular complexity index is 419. The Morgan fingerprint density at radius 2 is 2.00 bits per heavy atom. The molecule has 0 aliphatic carbocycles. The highest BCUT2D eigenvalue weighted by molar-refractivity contribution is 7.90. The van der Waals surface area contributed by atoms with Crippen LogP contribution < -0.4 is 0 Å². The fourth-order valence-corrected chi connectivity index (χ4v) is 1.50. The fraction of sp³-hybridized carbons (Fsp3) is 0.286. The Morgan fingerprint density at radius 3 is 2.50 bits per heavy atom. The van der Waals surface area contributed by atoms with Gasteiger partial charge < -0.3 is 0 Å². The zero-order valence-electron chi connectivity index (χ0n) is 6.82. The van der Waals surface area contributed by atoms with Crippen molar-refractivity contribution in [3.63, 3.8) is 0 Å². The lowest BCUT2D eigenvalue weighted by Crippen LogP contribution is -2.14. The van der Waals surface area contributed by atoms with Crippen LogP contribution in [-0.4, -0.2) is 19.2 Å². The highest BCUT2D eigenvalue weighted by atomic mass is 32.2. The number of rotatable bonds is 3. The van der Waals surface area contributed by atoms with E-state index in [0.717, 1.165) is 6.07 Å². The van der Waals surface area contributed by atoms with E-state index in [2.05, 4.69) is 4.98 Å². The molecule has 1 heterocycles. The van der Waals surface area contributed by atoms with E-state index in [1.54, 1.807) is 0 Å². The summed E-state index contributed by atoms with van der Waals surface area (Å²) in [6, 6.07) is 3.38. The van der Waals surface area contributed by atoms with Crippen molar-refractivity contribution < 1.29 is 21.6 Å². The summed E-state index contributed by atoms with van der Waals surface area (Å²) in [5.41, 5.74) is -0.231. The van der Waals surface area contributed by atoms with Crippen LogP contribution in [0.25, 0.3) is 0 Å². The molecule has 1 aromatic rings. The van der Waals surface area contributed by atoms with Gasteiger partial charge in [-0.25, -0.2) is 13.4 Å². The number of aromatic nitrogens is 1. The maximum atomic E-state index is 12.5. The van der Waals surface area contributed by atoms with Gasteiger partial charge in [0, 0.05) is 0 Å². The van der Waals surface area contributed by atoms with Gasteiger partial charge in [0.1, 0.15) is 0 Å². The molecule has 14 heavy (non-hydrogen) atoms. The molecule has 78 valence electrons. The van der Waals surface area contributed by atoms with Gasteiger partial charge >= 0.3 is 5.76 Å². The summed E-state index contributed by atoms with van der Waals surface area (Å²) in [6.07, 6.45) is 0. The molecular weight excluding hydrogens is 219 g/mol. The Kier molecular flexibility index (Phi) is 3.10. The predicted molar refractivity (Wildman–Crippen MR) is 42.8 cm³/mol. The maximum Gasteiger partial charge on any atom is 0.337 e. The quantitative estimate of drug-likeness (QED) is 0.729. The van der Waals surface area contributed by atoms with E-state index in [4.69, 9.17) is 0 Å². The first-order valence-electron chi connectivity index (χ1n) is 3.53. The van der Waals surface area contributed by atoms with Gasteiger partial charge in [-0.1, -0.05) is 6.07 Å². The SMILES string of the molecule is O=S(=O)(Cc1cccc(F)n1)C(F)F. The molecule has 0 N–H and O–H groups in total. The zero-order chi connectivity index (χ0) is 10.8. The van der Waals surface area contributed by atoms with E-state index < -0.39 is 27.3 Å². The molecule has 0 radical (unpaired) electrons. The predicted octanol–water partition coefficient (Wildman–Crippen LogP) is 1.36. The smallest absolute Gasteiger partial charge is 0.224 e. The average molecular weight is 225 g/mol. The number of alkyl halides is 2. The molecule has 0 fully saturated rings. The van der Waals surface area contributed by atoms with Crippen molar-refractivity contribution in [2.24, 2.45) is 0 Å². The molecule has 0 spiro atoms. The summed E-state index contributed by atoms with van der Waals surface area (Å²) < 4.78 is 57.6. The molecule has 0 aromatic carbocycles. The highest BCUT2D eigenvalue weighted by Gasteiger charge is 2.24. The van der Waals surface area contributed by atoms with Crippen molar-refractivity contribution in [1.29, 1.82) is 0 Å². The van der Waals surface area contributed by atoms with Crippen LogP contribution in [0, 0.1) is 5.95 Å². The van der Waals surface area contributed by atoms with Crippen molar-refractivity contribution in [3.8, 4) is 0 Å². The van der Waals surface area contributed by atoms with Crippen LogP contribution in [-0.2, 0) is 15.6 Å². The van der Waals surface area contributed by atoms with Crippen LogP contribution in [0.4, 0.5) is 13.2 Å². The largest absolute Gasteiger partial charge is 0.337 e. The van der Waals surface area contributed by atoms with E-state index in [1.165, 1.54) is 12.1 Å². The minimum atomic E-state index is -4.53. The summed E-state index contributed by atoms with van der Waals surface area (Å²) in [6.45, 7) is 0. The van der Waals surface area contributed by atoms with Gasteiger partial charge in [0.15, 0.2) is 0 Å². The van der Waals surface area contributed by atoms with Crippen molar-refractivity contribution in [2.45, 2.75) is 11.5 Å². The number of nitrogens with zero attached hydrogens (tertiary/aromatic N) is 1. The summed E-state index contributed by atoms with van der Waals surface area (Å²) in [5.74, 6) is -5.32. The Morgan fingerprint density at radius 1 is 1.36 bits per heavy atom. The van der Waals surface area contributed by atoms with Crippen LogP contribution in [0.5, 0.6) is 0 Å². The Labute approximate surface area is 78.5 Å². The number of pyridine rings is 1. The van der Waals surface area contributed by atoms with E-state index in [0.29, 0.717) is 0 Å². The minimum absolute atomic E-state index is 0.231. The second kappa shape index (κ2) is 3.95. The third-order valence-electron chi connectivity index (χ3n) is 1.39. The molecule has 0 amide bonds. The summed E-state index contributed by atoms with van der Waals surface area (Å²) in [4.78, 5) is 3.16.